The molecule has 0 saturated carbocycles. The Morgan fingerprint density at radius 3 is 2.93 bits per heavy atom. The first-order valence-corrected chi connectivity index (χ1v) is 9.68. The Hall–Kier alpha value is -3.59. The number of hydrogen-bond donors (Lipinski definition) is 1. The second kappa shape index (κ2) is 8.19. The second-order valence-electron chi connectivity index (χ2n) is 6.16. The van der Waals surface area contributed by atoms with Crippen LogP contribution < -0.4 is 15.7 Å². The molecule has 2 aromatic carbocycles. The quantitative estimate of drug-likeness (QED) is 0.495. The summed E-state index contributed by atoms with van der Waals surface area (Å²) >= 11 is 1.35. The van der Waals surface area contributed by atoms with Crippen molar-refractivity contribution in [3.63, 3.8) is 0 Å². The number of aryl methyl sites for hydroxylation is 1. The molecular weight excluding hydrogens is 388 g/mol. The number of rotatable bonds is 6. The second-order valence-corrected chi connectivity index (χ2v) is 7.21. The average Bonchev–Trinajstić information content (AvgIpc) is 3.20. The normalized spacial score (nSPS) is 11.2. The summed E-state index contributed by atoms with van der Waals surface area (Å²) in [6.45, 7) is 2.12. The van der Waals surface area contributed by atoms with Crippen molar-refractivity contribution in [2.45, 2.75) is 13.5 Å². The third-order valence-corrected chi connectivity index (χ3v) is 5.04. The number of nitrogens with zero attached hydrogens (tertiary/aromatic N) is 5. The van der Waals surface area contributed by atoms with E-state index >= 15 is 0 Å². The van der Waals surface area contributed by atoms with Crippen LogP contribution in [0.2, 0.25) is 0 Å². The number of para-hydroxylation sites is 1. The van der Waals surface area contributed by atoms with Gasteiger partial charge in [-0.1, -0.05) is 35.6 Å². The van der Waals surface area contributed by atoms with Gasteiger partial charge in [-0.25, -0.2) is 14.7 Å². The molecule has 2 heterocycles. The van der Waals surface area contributed by atoms with Crippen molar-refractivity contribution in [3.8, 4) is 5.75 Å². The predicted octanol–water partition coefficient (Wildman–Crippen LogP) is 3.06. The lowest BCUT2D eigenvalue weighted by Crippen LogP contribution is -2.31. The Labute approximate surface area is 170 Å². The first kappa shape index (κ1) is 18.8. The first-order valence-electron chi connectivity index (χ1n) is 8.87. The highest BCUT2D eigenvalue weighted by Crippen LogP contribution is 2.19. The molecule has 8 nitrogen and oxygen atoms in total. The van der Waals surface area contributed by atoms with E-state index in [1.165, 1.54) is 16.0 Å². The van der Waals surface area contributed by atoms with Crippen molar-refractivity contribution in [1.82, 2.24) is 19.9 Å². The molecule has 0 radical (unpaired) electrons. The highest BCUT2D eigenvalue weighted by atomic mass is 32.1. The fraction of sp³-hybridized carbons (Fsp3) is 0.150. The molecule has 0 fully saturated rings. The molecule has 0 atom stereocenters. The SMILES string of the molecule is COc1cccc(/C=N/c2nnc(CNn3c(C)nc4ccccc4c3=O)s2)c1. The average molecular weight is 406 g/mol. The summed E-state index contributed by atoms with van der Waals surface area (Å²) in [5.74, 6) is 1.34. The van der Waals surface area contributed by atoms with E-state index < -0.39 is 0 Å². The van der Waals surface area contributed by atoms with Gasteiger partial charge in [0.2, 0.25) is 5.13 Å². The van der Waals surface area contributed by atoms with E-state index in [2.05, 4.69) is 25.6 Å². The zero-order valence-electron chi connectivity index (χ0n) is 15.9. The third-order valence-electron chi connectivity index (χ3n) is 4.21. The number of benzene rings is 2. The maximum absolute atomic E-state index is 12.7. The van der Waals surface area contributed by atoms with Crippen LogP contribution in [0.1, 0.15) is 16.4 Å². The molecule has 1 N–H and O–H groups in total. The molecule has 9 heteroatoms. The maximum atomic E-state index is 12.7. The third kappa shape index (κ3) is 4.14. The largest absolute Gasteiger partial charge is 0.497 e. The Balaban J connectivity index is 1.48. The zero-order chi connectivity index (χ0) is 20.2. The molecule has 0 amide bonds. The van der Waals surface area contributed by atoms with Crippen molar-refractivity contribution < 1.29 is 4.74 Å². The molecular formula is C20H18N6O2S. The van der Waals surface area contributed by atoms with E-state index in [4.69, 9.17) is 4.74 Å². The number of fused-ring (bicyclic) bond motifs is 1. The Bertz CT molecular complexity index is 1250. The topological polar surface area (TPSA) is 94.3 Å². The summed E-state index contributed by atoms with van der Waals surface area (Å²) < 4.78 is 6.64. The van der Waals surface area contributed by atoms with Gasteiger partial charge in [-0.3, -0.25) is 4.79 Å². The minimum atomic E-state index is -0.145. The molecule has 0 aliphatic carbocycles. The lowest BCUT2D eigenvalue weighted by molar-refractivity contribution is 0.415. The summed E-state index contributed by atoms with van der Waals surface area (Å²) in [5, 5.41) is 10.0. The fourth-order valence-electron chi connectivity index (χ4n) is 2.80. The van der Waals surface area contributed by atoms with Gasteiger partial charge in [-0.2, -0.15) is 0 Å². The molecule has 0 unspecified atom stereocenters. The lowest BCUT2D eigenvalue weighted by atomic mass is 10.2. The molecule has 146 valence electrons. The zero-order valence-corrected chi connectivity index (χ0v) is 16.7. The van der Waals surface area contributed by atoms with Crippen LogP contribution >= 0.6 is 11.3 Å². The molecule has 0 saturated heterocycles. The van der Waals surface area contributed by atoms with Gasteiger partial charge < -0.3 is 10.2 Å². The van der Waals surface area contributed by atoms with E-state index in [9.17, 15) is 4.79 Å². The standard InChI is InChI=1S/C20H18N6O2S/c1-13-23-17-9-4-3-8-16(17)19(27)26(13)22-12-18-24-25-20(29-18)21-11-14-6-5-7-15(10-14)28-2/h3-11,22H,12H2,1-2H3/b21-11+. The fourth-order valence-corrected chi connectivity index (χ4v) is 3.41. The Morgan fingerprint density at radius 2 is 2.07 bits per heavy atom. The lowest BCUT2D eigenvalue weighted by Gasteiger charge is -2.11. The summed E-state index contributed by atoms with van der Waals surface area (Å²) in [4.78, 5) is 21.5. The molecule has 29 heavy (non-hydrogen) atoms. The summed E-state index contributed by atoms with van der Waals surface area (Å²) in [6, 6.07) is 14.9. The Kier molecular flexibility index (Phi) is 5.30. The monoisotopic (exact) mass is 406 g/mol. The number of ether oxygens (including phenoxy) is 1. The van der Waals surface area contributed by atoms with Crippen molar-refractivity contribution >= 4 is 33.6 Å². The number of methoxy groups -OCH3 is 1. The number of nitrogens with one attached hydrogen (secondary N) is 1. The highest BCUT2D eigenvalue weighted by molar-refractivity contribution is 7.14. The van der Waals surface area contributed by atoms with Crippen LogP contribution in [0.5, 0.6) is 5.75 Å². The predicted molar refractivity (Wildman–Crippen MR) is 114 cm³/mol. The van der Waals surface area contributed by atoms with E-state index in [0.717, 1.165) is 11.3 Å². The van der Waals surface area contributed by atoms with Gasteiger partial charge in [0, 0.05) is 6.21 Å². The van der Waals surface area contributed by atoms with E-state index in [0.29, 0.717) is 33.4 Å². The molecule has 4 rings (SSSR count). The molecule has 2 aromatic heterocycles. The summed E-state index contributed by atoms with van der Waals surface area (Å²) in [7, 11) is 1.62. The number of aromatic nitrogens is 4. The number of hydrogen-bond acceptors (Lipinski definition) is 8. The van der Waals surface area contributed by atoms with Crippen molar-refractivity contribution in [2.24, 2.45) is 4.99 Å². The molecule has 4 aromatic rings. The molecule has 0 bridgehead atoms. The van der Waals surface area contributed by atoms with E-state index in [1.807, 2.05) is 42.5 Å². The van der Waals surface area contributed by atoms with Crippen LogP contribution in [-0.2, 0) is 6.54 Å². The highest BCUT2D eigenvalue weighted by Gasteiger charge is 2.09. The van der Waals surface area contributed by atoms with Gasteiger partial charge in [-0.15, -0.1) is 10.2 Å². The van der Waals surface area contributed by atoms with E-state index in [1.54, 1.807) is 26.3 Å². The van der Waals surface area contributed by atoms with Gasteiger partial charge in [0.15, 0.2) is 0 Å². The molecule has 0 aliphatic rings. The van der Waals surface area contributed by atoms with Crippen LogP contribution in [0.25, 0.3) is 10.9 Å². The smallest absolute Gasteiger partial charge is 0.279 e. The van der Waals surface area contributed by atoms with Crippen LogP contribution in [0.3, 0.4) is 0 Å². The van der Waals surface area contributed by atoms with Gasteiger partial charge in [-0.05, 0) is 36.8 Å². The van der Waals surface area contributed by atoms with Crippen LogP contribution in [0.4, 0.5) is 5.13 Å². The molecule has 0 aliphatic heterocycles. The summed E-state index contributed by atoms with van der Waals surface area (Å²) in [6.07, 6.45) is 1.71. The van der Waals surface area contributed by atoms with Crippen molar-refractivity contribution in [3.05, 3.63) is 75.3 Å². The maximum Gasteiger partial charge on any atom is 0.279 e. The first-order chi connectivity index (χ1) is 14.1. The minimum Gasteiger partial charge on any atom is -0.497 e. The van der Waals surface area contributed by atoms with Crippen molar-refractivity contribution in [2.75, 3.05) is 12.5 Å². The van der Waals surface area contributed by atoms with Gasteiger partial charge in [0.1, 0.15) is 16.6 Å². The van der Waals surface area contributed by atoms with Crippen LogP contribution in [-0.4, -0.2) is 33.2 Å². The van der Waals surface area contributed by atoms with Crippen molar-refractivity contribution in [1.29, 1.82) is 0 Å². The van der Waals surface area contributed by atoms with Gasteiger partial charge in [0.25, 0.3) is 5.56 Å². The minimum absolute atomic E-state index is 0.145. The summed E-state index contributed by atoms with van der Waals surface area (Å²) in [5.41, 5.74) is 4.51. The van der Waals surface area contributed by atoms with Gasteiger partial charge >= 0.3 is 0 Å². The van der Waals surface area contributed by atoms with Crippen LogP contribution in [0, 0.1) is 6.92 Å². The van der Waals surface area contributed by atoms with Crippen LogP contribution in [0.15, 0.2) is 58.3 Å². The van der Waals surface area contributed by atoms with E-state index in [-0.39, 0.29) is 5.56 Å². The molecule has 0 spiro atoms. The Morgan fingerprint density at radius 1 is 1.21 bits per heavy atom. The van der Waals surface area contributed by atoms with Gasteiger partial charge in [0.05, 0.1) is 24.6 Å². The number of aliphatic imine (C=N–C) groups is 1.